The van der Waals surface area contributed by atoms with Gasteiger partial charge in [0, 0.05) is 29.0 Å². The maximum atomic E-state index is 12.7. The number of furan rings is 1. The van der Waals surface area contributed by atoms with E-state index in [4.69, 9.17) is 4.42 Å². The number of benzene rings is 2. The summed E-state index contributed by atoms with van der Waals surface area (Å²) in [6, 6.07) is 13.7. The Labute approximate surface area is 189 Å². The average molecular weight is 449 g/mol. The normalized spacial score (nSPS) is 12.3. The van der Waals surface area contributed by atoms with E-state index < -0.39 is 12.6 Å². The molecule has 33 heavy (non-hydrogen) atoms. The monoisotopic (exact) mass is 449 g/mol. The largest absolute Gasteiger partial charge is 0.437 e. The molecule has 0 atom stereocenters. The van der Waals surface area contributed by atoms with E-state index in [9.17, 15) is 13.2 Å². The van der Waals surface area contributed by atoms with Gasteiger partial charge in [0.1, 0.15) is 7.05 Å². The SMILES string of the molecule is Cc1ccc2c(n1)oc1c(-c3c4ccc(CCC(F)(F)F)cc4cc[n+]3C)c(C)c(C)cc12. The first kappa shape index (κ1) is 21.4. The lowest BCUT2D eigenvalue weighted by atomic mass is 9.93. The molecule has 2 aromatic carbocycles. The van der Waals surface area contributed by atoms with Crippen molar-refractivity contribution in [3.05, 3.63) is 71.0 Å². The Balaban J connectivity index is 1.78. The second-order valence-corrected chi connectivity index (χ2v) is 8.79. The number of alkyl halides is 3. The third-order valence-corrected chi connectivity index (χ3v) is 6.42. The summed E-state index contributed by atoms with van der Waals surface area (Å²) in [5.41, 5.74) is 7.13. The van der Waals surface area contributed by atoms with Gasteiger partial charge in [0.15, 0.2) is 11.8 Å². The fourth-order valence-corrected chi connectivity index (χ4v) is 4.57. The predicted molar refractivity (Wildman–Crippen MR) is 124 cm³/mol. The van der Waals surface area contributed by atoms with Crippen LogP contribution in [0.4, 0.5) is 13.2 Å². The number of fused-ring (bicyclic) bond motifs is 4. The number of nitrogens with zero attached hydrogens (tertiary/aromatic N) is 2. The fourth-order valence-electron chi connectivity index (χ4n) is 4.57. The molecular formula is C27H24F3N2O+. The van der Waals surface area contributed by atoms with Gasteiger partial charge in [-0.2, -0.15) is 13.2 Å². The molecule has 0 aliphatic heterocycles. The molecule has 0 amide bonds. The molecule has 5 rings (SSSR count). The van der Waals surface area contributed by atoms with E-state index in [0.29, 0.717) is 11.3 Å². The van der Waals surface area contributed by atoms with Gasteiger partial charge in [0.2, 0.25) is 11.4 Å². The van der Waals surface area contributed by atoms with Crippen molar-refractivity contribution in [3.8, 4) is 11.3 Å². The van der Waals surface area contributed by atoms with Crippen molar-refractivity contribution in [3.63, 3.8) is 0 Å². The molecule has 0 saturated carbocycles. The van der Waals surface area contributed by atoms with Gasteiger partial charge in [-0.3, -0.25) is 0 Å². The van der Waals surface area contributed by atoms with Crippen LogP contribution >= 0.6 is 0 Å². The zero-order valence-corrected chi connectivity index (χ0v) is 19.0. The summed E-state index contributed by atoms with van der Waals surface area (Å²) >= 11 is 0. The van der Waals surface area contributed by atoms with Gasteiger partial charge in [-0.05, 0) is 73.5 Å². The Kier molecular flexibility index (Phi) is 4.92. The minimum Gasteiger partial charge on any atom is -0.437 e. The molecule has 0 spiro atoms. The lowest BCUT2D eigenvalue weighted by Crippen LogP contribution is -2.31. The smallest absolute Gasteiger partial charge is 0.389 e. The van der Waals surface area contributed by atoms with Crippen LogP contribution in [0.15, 0.2) is 53.1 Å². The van der Waals surface area contributed by atoms with Crippen LogP contribution in [0.3, 0.4) is 0 Å². The highest BCUT2D eigenvalue weighted by Crippen LogP contribution is 2.40. The lowest BCUT2D eigenvalue weighted by molar-refractivity contribution is -0.659. The van der Waals surface area contributed by atoms with Crippen LogP contribution < -0.4 is 4.57 Å². The number of hydrogen-bond acceptors (Lipinski definition) is 2. The summed E-state index contributed by atoms with van der Waals surface area (Å²) < 4.78 is 46.5. The summed E-state index contributed by atoms with van der Waals surface area (Å²) in [6.07, 6.45) is -3.07. The molecule has 3 nitrogen and oxygen atoms in total. The fraction of sp³-hybridized carbons (Fsp3) is 0.259. The highest BCUT2D eigenvalue weighted by molar-refractivity contribution is 6.11. The van der Waals surface area contributed by atoms with E-state index >= 15 is 0 Å². The van der Waals surface area contributed by atoms with Crippen LogP contribution in [0, 0.1) is 20.8 Å². The Morgan fingerprint density at radius 1 is 0.939 bits per heavy atom. The third kappa shape index (κ3) is 3.73. The van der Waals surface area contributed by atoms with E-state index in [1.54, 1.807) is 6.07 Å². The minimum atomic E-state index is -4.17. The van der Waals surface area contributed by atoms with Crippen molar-refractivity contribution in [1.82, 2.24) is 4.98 Å². The molecule has 0 radical (unpaired) electrons. The summed E-state index contributed by atoms with van der Waals surface area (Å²) in [7, 11) is 1.98. The number of aromatic nitrogens is 2. The summed E-state index contributed by atoms with van der Waals surface area (Å²) in [5, 5.41) is 3.85. The topological polar surface area (TPSA) is 29.9 Å². The Bertz CT molecular complexity index is 1550. The maximum absolute atomic E-state index is 12.7. The van der Waals surface area contributed by atoms with Gasteiger partial charge in [-0.25, -0.2) is 9.55 Å². The zero-order valence-electron chi connectivity index (χ0n) is 19.0. The van der Waals surface area contributed by atoms with Gasteiger partial charge in [-0.15, -0.1) is 0 Å². The number of aryl methyl sites for hydroxylation is 4. The molecule has 6 heteroatoms. The minimum absolute atomic E-state index is 0.0297. The average Bonchev–Trinajstić information content (AvgIpc) is 3.10. The first-order valence-corrected chi connectivity index (χ1v) is 10.9. The quantitative estimate of drug-likeness (QED) is 0.276. The van der Waals surface area contributed by atoms with E-state index in [2.05, 4.69) is 24.9 Å². The predicted octanol–water partition coefficient (Wildman–Crippen LogP) is 7.05. The van der Waals surface area contributed by atoms with Crippen LogP contribution in [0.25, 0.3) is 44.1 Å². The second-order valence-electron chi connectivity index (χ2n) is 8.79. The number of hydrogen-bond donors (Lipinski definition) is 0. The van der Waals surface area contributed by atoms with Crippen LogP contribution in [-0.4, -0.2) is 11.2 Å². The van der Waals surface area contributed by atoms with Crippen molar-refractivity contribution in [1.29, 1.82) is 0 Å². The maximum Gasteiger partial charge on any atom is 0.389 e. The molecular weight excluding hydrogens is 425 g/mol. The van der Waals surface area contributed by atoms with Crippen molar-refractivity contribution in [2.45, 2.75) is 39.8 Å². The number of rotatable bonds is 3. The molecule has 0 aliphatic carbocycles. The molecule has 3 aromatic heterocycles. The van der Waals surface area contributed by atoms with E-state index in [0.717, 1.165) is 55.2 Å². The van der Waals surface area contributed by atoms with Crippen molar-refractivity contribution in [2.24, 2.45) is 7.05 Å². The molecule has 0 N–H and O–H groups in total. The highest BCUT2D eigenvalue weighted by atomic mass is 19.4. The van der Waals surface area contributed by atoms with Gasteiger partial charge in [0.25, 0.3) is 0 Å². The molecule has 3 heterocycles. The zero-order chi connectivity index (χ0) is 23.5. The Morgan fingerprint density at radius 2 is 1.70 bits per heavy atom. The van der Waals surface area contributed by atoms with Crippen LogP contribution in [-0.2, 0) is 13.5 Å². The van der Waals surface area contributed by atoms with Crippen molar-refractivity contribution >= 4 is 32.8 Å². The third-order valence-electron chi connectivity index (χ3n) is 6.42. The van der Waals surface area contributed by atoms with E-state index in [-0.39, 0.29) is 6.42 Å². The van der Waals surface area contributed by atoms with Crippen LogP contribution in [0.2, 0.25) is 0 Å². The second kappa shape index (κ2) is 7.58. The van der Waals surface area contributed by atoms with Crippen LogP contribution in [0.1, 0.15) is 28.8 Å². The molecule has 168 valence electrons. The molecule has 0 saturated heterocycles. The number of pyridine rings is 2. The van der Waals surface area contributed by atoms with Gasteiger partial charge >= 0.3 is 6.18 Å². The highest BCUT2D eigenvalue weighted by Gasteiger charge is 2.27. The van der Waals surface area contributed by atoms with Gasteiger partial charge in [0.05, 0.1) is 10.9 Å². The van der Waals surface area contributed by atoms with Crippen LogP contribution in [0.5, 0.6) is 0 Å². The van der Waals surface area contributed by atoms with E-state index in [1.807, 2.05) is 55.1 Å². The van der Waals surface area contributed by atoms with Gasteiger partial charge < -0.3 is 4.42 Å². The Hall–Kier alpha value is -3.41. The summed E-state index contributed by atoms with van der Waals surface area (Å²) in [4.78, 5) is 4.58. The van der Waals surface area contributed by atoms with Gasteiger partial charge in [-0.1, -0.05) is 12.1 Å². The molecule has 0 aliphatic rings. The molecule has 5 aromatic rings. The standard InChI is InChI=1S/C27H24F3N2O/c1-15-13-22-21-7-5-16(2)31-26(21)33-25(22)23(17(15)3)24-20-8-6-18(9-11-27(28,29)30)14-19(20)10-12-32(24)4/h5-8,10,12-14H,9,11H2,1-4H3/q+1. The summed E-state index contributed by atoms with van der Waals surface area (Å²) in [6.45, 7) is 6.09. The van der Waals surface area contributed by atoms with Crippen molar-refractivity contribution < 1.29 is 22.2 Å². The Morgan fingerprint density at radius 3 is 2.45 bits per heavy atom. The van der Waals surface area contributed by atoms with E-state index in [1.165, 1.54) is 0 Å². The lowest BCUT2D eigenvalue weighted by Gasteiger charge is -2.12. The molecule has 0 fully saturated rings. The summed E-state index contributed by atoms with van der Waals surface area (Å²) in [5.74, 6) is 0. The molecule has 0 unspecified atom stereocenters. The number of halogens is 3. The first-order chi connectivity index (χ1) is 15.6. The first-order valence-electron chi connectivity index (χ1n) is 10.9. The van der Waals surface area contributed by atoms with Crippen molar-refractivity contribution in [2.75, 3.05) is 0 Å². The molecule has 0 bridgehead atoms.